The first-order chi connectivity index (χ1) is 9.58. The quantitative estimate of drug-likeness (QED) is 0.875. The molecular formula is C15H22N2O3. The monoisotopic (exact) mass is 278 g/mol. The Kier molecular flexibility index (Phi) is 4.84. The average Bonchev–Trinajstić information content (AvgIpc) is 2.46. The van der Waals surface area contributed by atoms with Crippen LogP contribution in [-0.2, 0) is 0 Å². The Bertz CT molecular complexity index is 468. The molecule has 0 spiro atoms. The molecular weight excluding hydrogens is 256 g/mol. The molecule has 1 aliphatic rings. The summed E-state index contributed by atoms with van der Waals surface area (Å²) in [5, 5.41) is 13.1. The van der Waals surface area contributed by atoms with E-state index in [9.17, 15) is 9.90 Å². The minimum Gasteiger partial charge on any atom is -0.507 e. The number of nitrogens with zero attached hydrogens (tertiary/aromatic N) is 1. The van der Waals surface area contributed by atoms with Gasteiger partial charge in [-0.3, -0.25) is 4.79 Å². The van der Waals surface area contributed by atoms with Crippen molar-refractivity contribution in [1.29, 1.82) is 0 Å². The van der Waals surface area contributed by atoms with Gasteiger partial charge in [-0.25, -0.2) is 0 Å². The third-order valence-corrected chi connectivity index (χ3v) is 3.19. The zero-order valence-electron chi connectivity index (χ0n) is 12.1. The van der Waals surface area contributed by atoms with E-state index < -0.39 is 0 Å². The van der Waals surface area contributed by atoms with Gasteiger partial charge >= 0.3 is 0 Å². The van der Waals surface area contributed by atoms with Crippen LogP contribution in [0.15, 0.2) is 18.2 Å². The molecule has 0 radical (unpaired) electrons. The van der Waals surface area contributed by atoms with E-state index in [1.54, 1.807) is 17.0 Å². The second-order valence-electron chi connectivity index (χ2n) is 5.43. The van der Waals surface area contributed by atoms with Crippen LogP contribution in [0.1, 0.15) is 24.2 Å². The van der Waals surface area contributed by atoms with E-state index in [2.05, 4.69) is 19.2 Å². The largest absolute Gasteiger partial charge is 0.507 e. The van der Waals surface area contributed by atoms with Gasteiger partial charge in [-0.15, -0.1) is 0 Å². The normalized spacial score (nSPS) is 15.4. The van der Waals surface area contributed by atoms with Crippen LogP contribution in [0.25, 0.3) is 0 Å². The van der Waals surface area contributed by atoms with Gasteiger partial charge in [0.1, 0.15) is 11.5 Å². The van der Waals surface area contributed by atoms with Crippen molar-refractivity contribution < 1.29 is 14.6 Å². The molecule has 0 aliphatic carbocycles. The summed E-state index contributed by atoms with van der Waals surface area (Å²) < 4.78 is 5.61. The van der Waals surface area contributed by atoms with Crippen molar-refractivity contribution in [2.75, 3.05) is 32.8 Å². The smallest absolute Gasteiger partial charge is 0.257 e. The first kappa shape index (κ1) is 14.7. The fourth-order valence-electron chi connectivity index (χ4n) is 2.08. The van der Waals surface area contributed by atoms with Crippen LogP contribution in [0.2, 0.25) is 0 Å². The van der Waals surface area contributed by atoms with E-state index in [0.29, 0.717) is 36.9 Å². The van der Waals surface area contributed by atoms with E-state index in [1.807, 2.05) is 0 Å². The molecule has 5 heteroatoms. The van der Waals surface area contributed by atoms with Gasteiger partial charge in [0.05, 0.1) is 12.2 Å². The van der Waals surface area contributed by atoms with Gasteiger partial charge in [0, 0.05) is 26.2 Å². The highest BCUT2D eigenvalue weighted by Crippen LogP contribution is 2.25. The number of benzene rings is 1. The van der Waals surface area contributed by atoms with Gasteiger partial charge in [0.2, 0.25) is 0 Å². The third kappa shape index (κ3) is 3.63. The van der Waals surface area contributed by atoms with Gasteiger partial charge in [-0.1, -0.05) is 13.8 Å². The van der Waals surface area contributed by atoms with E-state index >= 15 is 0 Å². The maximum absolute atomic E-state index is 12.4. The molecule has 1 fully saturated rings. The van der Waals surface area contributed by atoms with Crippen LogP contribution in [0.5, 0.6) is 11.5 Å². The van der Waals surface area contributed by atoms with Crippen molar-refractivity contribution in [3.63, 3.8) is 0 Å². The molecule has 0 bridgehead atoms. The number of amides is 1. The van der Waals surface area contributed by atoms with E-state index in [-0.39, 0.29) is 11.7 Å². The molecule has 20 heavy (non-hydrogen) atoms. The van der Waals surface area contributed by atoms with Crippen molar-refractivity contribution in [2.24, 2.45) is 5.92 Å². The van der Waals surface area contributed by atoms with Crippen molar-refractivity contribution in [1.82, 2.24) is 10.2 Å². The van der Waals surface area contributed by atoms with Crippen molar-refractivity contribution >= 4 is 5.91 Å². The molecule has 0 aromatic heterocycles. The number of nitrogens with one attached hydrogen (secondary N) is 1. The molecule has 0 atom stereocenters. The first-order valence-electron chi connectivity index (χ1n) is 7.03. The summed E-state index contributed by atoms with van der Waals surface area (Å²) in [6.07, 6.45) is 0. The summed E-state index contributed by atoms with van der Waals surface area (Å²) in [7, 11) is 0. The van der Waals surface area contributed by atoms with Crippen molar-refractivity contribution in [3.05, 3.63) is 23.8 Å². The highest BCUT2D eigenvalue weighted by molar-refractivity contribution is 5.97. The SMILES string of the molecule is CC(C)COc1ccc(O)c(C(=O)N2CCNCC2)c1. The standard InChI is InChI=1S/C15H22N2O3/c1-11(2)10-20-12-3-4-14(18)13(9-12)15(19)17-7-5-16-6-8-17/h3-4,9,11,16,18H,5-8,10H2,1-2H3. The summed E-state index contributed by atoms with van der Waals surface area (Å²) >= 11 is 0. The van der Waals surface area contributed by atoms with Crippen LogP contribution in [0, 0.1) is 5.92 Å². The van der Waals surface area contributed by atoms with E-state index in [0.717, 1.165) is 13.1 Å². The zero-order chi connectivity index (χ0) is 14.5. The Balaban J connectivity index is 2.12. The molecule has 1 heterocycles. The molecule has 110 valence electrons. The minimum atomic E-state index is -0.140. The van der Waals surface area contributed by atoms with Crippen molar-refractivity contribution in [2.45, 2.75) is 13.8 Å². The lowest BCUT2D eigenvalue weighted by Crippen LogP contribution is -2.46. The lowest BCUT2D eigenvalue weighted by Gasteiger charge is -2.27. The minimum absolute atomic E-state index is 0.00503. The number of piperazine rings is 1. The second-order valence-corrected chi connectivity index (χ2v) is 5.43. The molecule has 1 aromatic rings. The molecule has 2 rings (SSSR count). The lowest BCUT2D eigenvalue weighted by molar-refractivity contribution is 0.0732. The molecule has 2 N–H and O–H groups in total. The van der Waals surface area contributed by atoms with Crippen molar-refractivity contribution in [3.8, 4) is 11.5 Å². The molecule has 1 aliphatic heterocycles. The number of phenols is 1. The summed E-state index contributed by atoms with van der Waals surface area (Å²) in [5.74, 6) is 0.899. The lowest BCUT2D eigenvalue weighted by atomic mass is 10.1. The number of carbonyl (C=O) groups is 1. The number of phenolic OH excluding ortho intramolecular Hbond substituents is 1. The number of carbonyl (C=O) groups excluding carboxylic acids is 1. The van der Waals surface area contributed by atoms with Crippen LogP contribution >= 0.6 is 0 Å². The average molecular weight is 278 g/mol. The van der Waals surface area contributed by atoms with Gasteiger partial charge in [-0.05, 0) is 24.1 Å². The van der Waals surface area contributed by atoms with Gasteiger partial charge in [-0.2, -0.15) is 0 Å². The Hall–Kier alpha value is -1.75. The fraction of sp³-hybridized carbons (Fsp3) is 0.533. The second kappa shape index (κ2) is 6.61. The first-order valence-corrected chi connectivity index (χ1v) is 7.03. The van der Waals surface area contributed by atoms with Crippen LogP contribution < -0.4 is 10.1 Å². The predicted octanol–water partition coefficient (Wildman–Crippen LogP) is 1.47. The molecule has 1 amide bonds. The number of ether oxygens (including phenoxy) is 1. The zero-order valence-corrected chi connectivity index (χ0v) is 12.1. The summed E-state index contributed by atoms with van der Waals surface area (Å²) in [4.78, 5) is 14.1. The highest BCUT2D eigenvalue weighted by atomic mass is 16.5. The highest BCUT2D eigenvalue weighted by Gasteiger charge is 2.21. The Labute approximate surface area is 119 Å². The Morgan fingerprint density at radius 1 is 1.40 bits per heavy atom. The number of hydrogen-bond donors (Lipinski definition) is 2. The molecule has 5 nitrogen and oxygen atoms in total. The third-order valence-electron chi connectivity index (χ3n) is 3.19. The number of rotatable bonds is 4. The van der Waals surface area contributed by atoms with Gasteiger partial charge in [0.15, 0.2) is 0 Å². The molecule has 1 saturated heterocycles. The van der Waals surface area contributed by atoms with E-state index in [4.69, 9.17) is 4.74 Å². The Morgan fingerprint density at radius 3 is 2.75 bits per heavy atom. The van der Waals surface area contributed by atoms with Crippen LogP contribution in [0.3, 0.4) is 0 Å². The summed E-state index contributed by atoms with van der Waals surface area (Å²) in [6, 6.07) is 4.83. The molecule has 0 saturated carbocycles. The maximum atomic E-state index is 12.4. The topological polar surface area (TPSA) is 61.8 Å². The van der Waals surface area contributed by atoms with Crippen LogP contribution in [-0.4, -0.2) is 48.7 Å². The number of aromatic hydroxyl groups is 1. The molecule has 1 aromatic carbocycles. The summed E-state index contributed by atoms with van der Waals surface area (Å²) in [5.41, 5.74) is 0.313. The van der Waals surface area contributed by atoms with Crippen LogP contribution in [0.4, 0.5) is 0 Å². The van der Waals surface area contributed by atoms with Gasteiger partial charge < -0.3 is 20.1 Å². The summed E-state index contributed by atoms with van der Waals surface area (Å²) in [6.45, 7) is 7.61. The molecule has 0 unspecified atom stereocenters. The predicted molar refractivity (Wildman–Crippen MR) is 77.2 cm³/mol. The Morgan fingerprint density at radius 2 is 2.10 bits per heavy atom. The van der Waals surface area contributed by atoms with Gasteiger partial charge in [0.25, 0.3) is 5.91 Å². The number of hydrogen-bond acceptors (Lipinski definition) is 4. The van der Waals surface area contributed by atoms with E-state index in [1.165, 1.54) is 6.07 Å². The fourth-order valence-corrected chi connectivity index (χ4v) is 2.08. The maximum Gasteiger partial charge on any atom is 0.257 e.